The smallest absolute Gasteiger partial charge is 0.326 e. The van der Waals surface area contributed by atoms with E-state index in [0.29, 0.717) is 0 Å². The van der Waals surface area contributed by atoms with Gasteiger partial charge < -0.3 is 15.3 Å². The van der Waals surface area contributed by atoms with E-state index in [1.807, 2.05) is 13.8 Å². The minimum absolute atomic E-state index is 0.0416. The number of hydrogen-bond donors (Lipinski definition) is 2. The molecule has 0 aromatic heterocycles. The first-order chi connectivity index (χ1) is 8.49. The highest BCUT2D eigenvalue weighted by Gasteiger charge is 2.34. The Kier molecular flexibility index (Phi) is 5.59. The second kappa shape index (κ2) is 6.73. The average molecular weight is 256 g/mol. The molecule has 1 aliphatic rings. The normalized spacial score (nSPS) is 23.2. The third-order valence-corrected chi connectivity index (χ3v) is 3.81. The van der Waals surface area contributed by atoms with Crippen LogP contribution in [0.2, 0.25) is 0 Å². The number of piperidine rings is 1. The Morgan fingerprint density at radius 3 is 2.56 bits per heavy atom. The minimum Gasteiger partial charge on any atom is -0.480 e. The van der Waals surface area contributed by atoms with Crippen molar-refractivity contribution in [2.45, 2.75) is 51.6 Å². The van der Waals surface area contributed by atoms with E-state index in [2.05, 4.69) is 5.32 Å². The molecule has 1 aliphatic heterocycles. The van der Waals surface area contributed by atoms with Crippen molar-refractivity contribution in [1.82, 2.24) is 10.2 Å². The molecule has 0 aromatic rings. The lowest BCUT2D eigenvalue weighted by Crippen LogP contribution is -2.54. The highest BCUT2D eigenvalue weighted by molar-refractivity contribution is 5.87. The van der Waals surface area contributed by atoms with Gasteiger partial charge in [0.05, 0.1) is 6.04 Å². The monoisotopic (exact) mass is 256 g/mol. The third kappa shape index (κ3) is 3.45. The number of nitrogens with zero attached hydrogens (tertiary/aromatic N) is 1. The van der Waals surface area contributed by atoms with Crippen molar-refractivity contribution in [3.63, 3.8) is 0 Å². The first-order valence-electron chi connectivity index (χ1n) is 6.71. The molecule has 0 aromatic carbocycles. The maximum atomic E-state index is 12.3. The Balaban J connectivity index is 2.72. The SMILES string of the molecule is CC[C@H](C)[C@H](C(=O)O)N(C)C(=O)C1CCCCN1. The van der Waals surface area contributed by atoms with E-state index in [-0.39, 0.29) is 17.9 Å². The molecule has 0 spiro atoms. The van der Waals surface area contributed by atoms with Crippen LogP contribution in [0, 0.1) is 5.92 Å². The summed E-state index contributed by atoms with van der Waals surface area (Å²) in [5.74, 6) is -1.06. The molecule has 18 heavy (non-hydrogen) atoms. The summed E-state index contributed by atoms with van der Waals surface area (Å²) in [5, 5.41) is 12.4. The Morgan fingerprint density at radius 1 is 1.44 bits per heavy atom. The lowest BCUT2D eigenvalue weighted by molar-refractivity contribution is -0.152. The molecule has 1 rings (SSSR count). The molecule has 1 fully saturated rings. The largest absolute Gasteiger partial charge is 0.480 e. The van der Waals surface area contributed by atoms with Gasteiger partial charge in [-0.15, -0.1) is 0 Å². The van der Waals surface area contributed by atoms with E-state index >= 15 is 0 Å². The quantitative estimate of drug-likeness (QED) is 0.772. The molecule has 0 radical (unpaired) electrons. The van der Waals surface area contributed by atoms with Crippen molar-refractivity contribution in [2.75, 3.05) is 13.6 Å². The summed E-state index contributed by atoms with van der Waals surface area (Å²) in [4.78, 5) is 25.0. The molecule has 1 heterocycles. The van der Waals surface area contributed by atoms with Gasteiger partial charge >= 0.3 is 5.97 Å². The first-order valence-corrected chi connectivity index (χ1v) is 6.71. The zero-order chi connectivity index (χ0) is 13.7. The summed E-state index contributed by atoms with van der Waals surface area (Å²) in [5.41, 5.74) is 0. The van der Waals surface area contributed by atoms with Crippen LogP contribution in [0.25, 0.3) is 0 Å². The van der Waals surface area contributed by atoms with Crippen LogP contribution < -0.4 is 5.32 Å². The molecule has 5 nitrogen and oxygen atoms in total. The molecule has 5 heteroatoms. The average Bonchev–Trinajstić information content (AvgIpc) is 2.38. The van der Waals surface area contributed by atoms with E-state index in [1.165, 1.54) is 4.90 Å². The summed E-state index contributed by atoms with van der Waals surface area (Å²) < 4.78 is 0. The first kappa shape index (κ1) is 15.0. The van der Waals surface area contributed by atoms with Crippen molar-refractivity contribution >= 4 is 11.9 Å². The summed E-state index contributed by atoms with van der Waals surface area (Å²) in [6.07, 6.45) is 3.65. The van der Waals surface area contributed by atoms with Crippen LogP contribution in [0.3, 0.4) is 0 Å². The number of aliphatic carboxylic acids is 1. The van der Waals surface area contributed by atoms with Crippen molar-refractivity contribution in [2.24, 2.45) is 5.92 Å². The summed E-state index contributed by atoms with van der Waals surface area (Å²) in [6.45, 7) is 4.65. The van der Waals surface area contributed by atoms with Gasteiger partial charge in [-0.25, -0.2) is 4.79 Å². The van der Waals surface area contributed by atoms with Crippen LogP contribution in [0.4, 0.5) is 0 Å². The van der Waals surface area contributed by atoms with Gasteiger partial charge in [0.25, 0.3) is 0 Å². The Bertz CT molecular complexity index is 301. The number of carboxylic acid groups (broad SMARTS) is 1. The molecule has 1 saturated heterocycles. The molecular formula is C13H24N2O3. The Morgan fingerprint density at radius 2 is 2.11 bits per heavy atom. The Hall–Kier alpha value is -1.10. The van der Waals surface area contributed by atoms with Gasteiger partial charge in [-0.2, -0.15) is 0 Å². The van der Waals surface area contributed by atoms with Gasteiger partial charge in [-0.05, 0) is 25.3 Å². The maximum Gasteiger partial charge on any atom is 0.326 e. The summed E-state index contributed by atoms with van der Waals surface area (Å²) in [7, 11) is 1.60. The third-order valence-electron chi connectivity index (χ3n) is 3.81. The van der Waals surface area contributed by atoms with Crippen molar-refractivity contribution < 1.29 is 14.7 Å². The fraction of sp³-hybridized carbons (Fsp3) is 0.846. The minimum atomic E-state index is -0.920. The number of nitrogens with one attached hydrogen (secondary N) is 1. The molecule has 2 N–H and O–H groups in total. The molecule has 1 unspecified atom stereocenters. The van der Waals surface area contributed by atoms with E-state index in [0.717, 1.165) is 32.2 Å². The van der Waals surface area contributed by atoms with E-state index in [4.69, 9.17) is 0 Å². The summed E-state index contributed by atoms with van der Waals surface area (Å²) >= 11 is 0. The lowest BCUT2D eigenvalue weighted by Gasteiger charge is -2.33. The Labute approximate surface area is 109 Å². The molecule has 104 valence electrons. The van der Waals surface area contributed by atoms with Gasteiger partial charge in [0, 0.05) is 7.05 Å². The number of hydrogen-bond acceptors (Lipinski definition) is 3. The van der Waals surface area contributed by atoms with Crippen molar-refractivity contribution in [1.29, 1.82) is 0 Å². The fourth-order valence-corrected chi connectivity index (χ4v) is 2.46. The van der Waals surface area contributed by atoms with Crippen LogP contribution in [-0.2, 0) is 9.59 Å². The van der Waals surface area contributed by atoms with Crippen LogP contribution in [0.1, 0.15) is 39.5 Å². The van der Waals surface area contributed by atoms with Gasteiger partial charge in [0.1, 0.15) is 6.04 Å². The maximum absolute atomic E-state index is 12.3. The van der Waals surface area contributed by atoms with Crippen LogP contribution in [0.15, 0.2) is 0 Å². The van der Waals surface area contributed by atoms with Gasteiger partial charge in [-0.3, -0.25) is 4.79 Å². The predicted octanol–water partition coefficient (Wildman–Crippen LogP) is 1.09. The standard InChI is InChI=1S/C13H24N2O3/c1-4-9(2)11(13(17)18)15(3)12(16)10-7-5-6-8-14-10/h9-11,14H,4-8H2,1-3H3,(H,17,18)/t9-,10?,11+/m0/s1. The van der Waals surface area contributed by atoms with E-state index in [1.54, 1.807) is 7.05 Å². The number of carbonyl (C=O) groups excluding carboxylic acids is 1. The van der Waals surface area contributed by atoms with Crippen LogP contribution >= 0.6 is 0 Å². The number of likely N-dealkylation sites (N-methyl/N-ethyl adjacent to an activating group) is 1. The second-order valence-corrected chi connectivity index (χ2v) is 5.12. The molecule has 0 aliphatic carbocycles. The molecular weight excluding hydrogens is 232 g/mol. The highest BCUT2D eigenvalue weighted by atomic mass is 16.4. The second-order valence-electron chi connectivity index (χ2n) is 5.12. The zero-order valence-corrected chi connectivity index (χ0v) is 11.5. The summed E-state index contributed by atoms with van der Waals surface area (Å²) in [6, 6.07) is -0.944. The van der Waals surface area contributed by atoms with Gasteiger partial charge in [0.15, 0.2) is 0 Å². The fourth-order valence-electron chi connectivity index (χ4n) is 2.46. The number of amides is 1. The highest BCUT2D eigenvalue weighted by Crippen LogP contribution is 2.17. The van der Waals surface area contributed by atoms with Gasteiger partial charge in [-0.1, -0.05) is 26.7 Å². The zero-order valence-electron chi connectivity index (χ0n) is 11.5. The van der Waals surface area contributed by atoms with Gasteiger partial charge in [0.2, 0.25) is 5.91 Å². The van der Waals surface area contributed by atoms with Crippen LogP contribution in [0.5, 0.6) is 0 Å². The van der Waals surface area contributed by atoms with Crippen molar-refractivity contribution in [3.8, 4) is 0 Å². The molecule has 1 amide bonds. The topological polar surface area (TPSA) is 69.6 Å². The van der Waals surface area contributed by atoms with E-state index < -0.39 is 12.0 Å². The van der Waals surface area contributed by atoms with Crippen molar-refractivity contribution in [3.05, 3.63) is 0 Å². The predicted molar refractivity (Wildman–Crippen MR) is 69.3 cm³/mol. The number of carboxylic acids is 1. The molecule has 0 saturated carbocycles. The van der Waals surface area contributed by atoms with Crippen LogP contribution in [-0.4, -0.2) is 47.6 Å². The molecule has 0 bridgehead atoms. The number of carbonyl (C=O) groups is 2. The van der Waals surface area contributed by atoms with E-state index in [9.17, 15) is 14.7 Å². The number of rotatable bonds is 5. The molecule has 3 atom stereocenters. The lowest BCUT2D eigenvalue weighted by atomic mass is 9.96.